The highest BCUT2D eigenvalue weighted by Gasteiger charge is 2.34. The van der Waals surface area contributed by atoms with Crippen molar-refractivity contribution in [3.05, 3.63) is 185 Å². The van der Waals surface area contributed by atoms with Gasteiger partial charge in [0, 0.05) is 44.7 Å². The molecule has 0 aliphatic carbocycles. The van der Waals surface area contributed by atoms with Crippen molar-refractivity contribution in [3.8, 4) is 11.4 Å². The highest BCUT2D eigenvalue weighted by atomic mass is 16.5. The zero-order valence-corrected chi connectivity index (χ0v) is 33.4. The minimum atomic E-state index is -0.229. The Morgan fingerprint density at radius 3 is 2.07 bits per heavy atom. The molecule has 3 aromatic heterocycles. The fourth-order valence-corrected chi connectivity index (χ4v) is 8.68. The molecule has 0 fully saturated rings. The summed E-state index contributed by atoms with van der Waals surface area (Å²) in [4.78, 5) is 10.3. The molecule has 5 heteroatoms. The summed E-state index contributed by atoms with van der Waals surface area (Å²) >= 11 is 0. The quantitative estimate of drug-likeness (QED) is 0.170. The van der Waals surface area contributed by atoms with Gasteiger partial charge in [-0.1, -0.05) is 119 Å². The summed E-state index contributed by atoms with van der Waals surface area (Å²) in [6.45, 7) is 13.5. The van der Waals surface area contributed by atoms with Crippen LogP contribution in [-0.2, 0) is 10.2 Å². The first-order chi connectivity index (χ1) is 27.6. The molecule has 0 unspecified atom stereocenters. The first-order valence-electron chi connectivity index (χ1n) is 20.1. The second kappa shape index (κ2) is 13.3. The van der Waals surface area contributed by atoms with Crippen LogP contribution in [0.4, 0.5) is 0 Å². The topological polar surface area (TPSA) is 44.3 Å². The van der Waals surface area contributed by atoms with Crippen LogP contribution in [0.2, 0.25) is 0 Å². The Morgan fingerprint density at radius 1 is 0.596 bits per heavy atom. The molecule has 0 spiro atoms. The van der Waals surface area contributed by atoms with E-state index in [2.05, 4.69) is 190 Å². The normalized spacial score (nSPS) is 15.9. The highest BCUT2D eigenvalue weighted by molar-refractivity contribution is 6.12. The van der Waals surface area contributed by atoms with Crippen molar-refractivity contribution >= 4 is 49.6 Å². The first kappa shape index (κ1) is 35.0. The molecule has 4 heterocycles. The molecule has 6 aromatic carbocycles. The minimum Gasteiger partial charge on any atom is -0.467 e. The Morgan fingerprint density at radius 2 is 1.32 bits per heavy atom. The van der Waals surface area contributed by atoms with Crippen molar-refractivity contribution in [1.82, 2.24) is 14.1 Å². The summed E-state index contributed by atoms with van der Waals surface area (Å²) in [5.41, 5.74) is 13.6. The summed E-state index contributed by atoms with van der Waals surface area (Å²) in [7, 11) is 0. The van der Waals surface area contributed by atoms with Crippen molar-refractivity contribution in [2.75, 3.05) is 0 Å². The number of aryl methyl sites for hydroxylation is 1. The molecular formula is C52H46N4O. The third-order valence-electron chi connectivity index (χ3n) is 11.7. The lowest BCUT2D eigenvalue weighted by atomic mass is 9.86. The number of benzene rings is 6. The second-order valence-electron chi connectivity index (χ2n) is 17.0. The third kappa shape index (κ3) is 5.92. The van der Waals surface area contributed by atoms with Gasteiger partial charge in [-0.15, -0.1) is 0 Å². The molecule has 0 saturated carbocycles. The molecule has 280 valence electrons. The predicted molar refractivity (Wildman–Crippen MR) is 236 cm³/mol. The molecule has 0 amide bonds. The molecule has 1 aliphatic heterocycles. The number of aromatic nitrogens is 3. The van der Waals surface area contributed by atoms with Gasteiger partial charge in [0.05, 0.1) is 16.6 Å². The van der Waals surface area contributed by atoms with Gasteiger partial charge in [-0.3, -0.25) is 4.57 Å². The minimum absolute atomic E-state index is 0.0339. The molecule has 0 N–H and O–H groups in total. The summed E-state index contributed by atoms with van der Waals surface area (Å²) < 4.78 is 11.7. The van der Waals surface area contributed by atoms with Crippen molar-refractivity contribution in [2.45, 2.75) is 65.0 Å². The maximum absolute atomic E-state index is 6.91. The van der Waals surface area contributed by atoms with Crippen LogP contribution in [0.15, 0.2) is 157 Å². The first-order valence-corrected chi connectivity index (χ1v) is 20.1. The van der Waals surface area contributed by atoms with Gasteiger partial charge in [0.2, 0.25) is 5.90 Å². The number of rotatable bonds is 6. The van der Waals surface area contributed by atoms with Crippen LogP contribution in [0.25, 0.3) is 55.1 Å². The zero-order chi connectivity index (χ0) is 39.0. The fraction of sp³-hybridized carbons (Fsp3) is 0.192. The smallest absolute Gasteiger partial charge is 0.217 e. The van der Waals surface area contributed by atoms with Crippen LogP contribution in [0.1, 0.15) is 86.1 Å². The van der Waals surface area contributed by atoms with Gasteiger partial charge in [-0.2, -0.15) is 0 Å². The molecule has 57 heavy (non-hydrogen) atoms. The van der Waals surface area contributed by atoms with E-state index in [0.717, 1.165) is 55.6 Å². The van der Waals surface area contributed by atoms with Gasteiger partial charge in [0.1, 0.15) is 11.7 Å². The van der Waals surface area contributed by atoms with Crippen molar-refractivity contribution in [3.63, 3.8) is 0 Å². The van der Waals surface area contributed by atoms with Crippen molar-refractivity contribution in [2.24, 2.45) is 4.99 Å². The van der Waals surface area contributed by atoms with Crippen LogP contribution in [-0.4, -0.2) is 20.0 Å². The lowest BCUT2D eigenvalue weighted by Gasteiger charge is -2.19. The van der Waals surface area contributed by atoms with Gasteiger partial charge in [0.25, 0.3) is 0 Å². The number of hydrogen-bond acceptors (Lipinski definition) is 3. The van der Waals surface area contributed by atoms with E-state index < -0.39 is 0 Å². The summed E-state index contributed by atoms with van der Waals surface area (Å²) in [6.07, 6.45) is 1.67. The van der Waals surface area contributed by atoms with Crippen LogP contribution >= 0.6 is 0 Å². The summed E-state index contributed by atoms with van der Waals surface area (Å²) in [5.74, 6) is 0.956. The number of nitrogens with zero attached hydrogens (tertiary/aromatic N) is 4. The molecule has 5 nitrogen and oxygen atoms in total. The molecule has 0 radical (unpaired) electrons. The third-order valence-corrected chi connectivity index (χ3v) is 11.7. The van der Waals surface area contributed by atoms with E-state index in [0.29, 0.717) is 5.90 Å². The fourth-order valence-electron chi connectivity index (χ4n) is 8.68. The molecule has 1 aliphatic rings. The van der Waals surface area contributed by atoms with E-state index in [1.807, 2.05) is 12.3 Å². The highest BCUT2D eigenvalue weighted by Crippen LogP contribution is 2.43. The Balaban J connectivity index is 1.19. The van der Waals surface area contributed by atoms with Crippen LogP contribution in [0.5, 0.6) is 0 Å². The average molecular weight is 743 g/mol. The van der Waals surface area contributed by atoms with Crippen molar-refractivity contribution < 1.29 is 4.74 Å². The average Bonchev–Trinajstić information content (AvgIpc) is 3.91. The van der Waals surface area contributed by atoms with Crippen LogP contribution < -0.4 is 0 Å². The molecule has 0 saturated heterocycles. The van der Waals surface area contributed by atoms with Gasteiger partial charge in [-0.25, -0.2) is 9.98 Å². The number of hydrogen-bond donors (Lipinski definition) is 0. The van der Waals surface area contributed by atoms with Crippen molar-refractivity contribution in [1.29, 1.82) is 0 Å². The second-order valence-corrected chi connectivity index (χ2v) is 17.0. The molecule has 10 rings (SSSR count). The van der Waals surface area contributed by atoms with E-state index >= 15 is 0 Å². The molecule has 0 bridgehead atoms. The maximum Gasteiger partial charge on any atom is 0.217 e. The number of aliphatic imine (C=N–C) groups is 1. The molecule has 2 atom stereocenters. The maximum atomic E-state index is 6.91. The Bertz CT molecular complexity index is 3020. The SMILES string of the molecule is Cc1ccc2c(c1)c1ccc(-n3c4ccc(C(C)(C)C)cc4c4cccnc43)cc1n2-c1cc(C2=N[C@H](c3ccccc3)[C@@H](c3ccccc3)O2)cc(C(C)C)c1. The number of fused-ring (bicyclic) bond motifs is 6. The number of pyridine rings is 1. The Kier molecular flexibility index (Phi) is 8.19. The zero-order valence-electron chi connectivity index (χ0n) is 33.4. The van der Waals surface area contributed by atoms with E-state index in [9.17, 15) is 0 Å². The van der Waals surface area contributed by atoms with Crippen LogP contribution in [0, 0.1) is 6.92 Å². The van der Waals surface area contributed by atoms with E-state index in [1.165, 1.54) is 32.8 Å². The largest absolute Gasteiger partial charge is 0.467 e. The van der Waals surface area contributed by atoms with Crippen LogP contribution in [0.3, 0.4) is 0 Å². The van der Waals surface area contributed by atoms with Gasteiger partial charge < -0.3 is 9.30 Å². The van der Waals surface area contributed by atoms with E-state index in [1.54, 1.807) is 0 Å². The monoisotopic (exact) mass is 742 g/mol. The number of ether oxygens (including phenoxy) is 1. The van der Waals surface area contributed by atoms with Gasteiger partial charge >= 0.3 is 0 Å². The Labute approximate surface area is 333 Å². The van der Waals surface area contributed by atoms with E-state index in [-0.39, 0.29) is 23.5 Å². The van der Waals surface area contributed by atoms with Gasteiger partial charge in [-0.05, 0) is 107 Å². The summed E-state index contributed by atoms with van der Waals surface area (Å²) in [5, 5.41) is 4.81. The Hall–Kier alpha value is -6.46. The standard InChI is InChI=1S/C52H46N4O/c1-32(2)36-27-37(51-54-48(34-14-9-7-10-15-34)49(57-51)35-16-11-8-12-17-35)29-40(28-36)55-45-23-19-33(3)26-43(45)41-22-21-39(31-47(41)55)56-46-24-20-38(52(4,5)6)30-44(46)42-18-13-25-53-50(42)56/h7-32,48-49H,1-6H3/t48-,49-/m1/s1. The lowest BCUT2D eigenvalue weighted by Crippen LogP contribution is -2.10. The lowest BCUT2D eigenvalue weighted by molar-refractivity contribution is 0.197. The summed E-state index contributed by atoms with van der Waals surface area (Å²) in [6, 6.07) is 52.6. The molecular weight excluding hydrogens is 697 g/mol. The van der Waals surface area contributed by atoms with E-state index in [4.69, 9.17) is 14.7 Å². The van der Waals surface area contributed by atoms with Gasteiger partial charge in [0.15, 0.2) is 6.10 Å². The predicted octanol–water partition coefficient (Wildman–Crippen LogP) is 13.3. The molecule has 9 aromatic rings.